The Hall–Kier alpha value is -0.610. The lowest BCUT2D eigenvalue weighted by molar-refractivity contribution is 0.546. The molecule has 1 fully saturated rings. The molecule has 1 aromatic rings. The van der Waals surface area contributed by atoms with Gasteiger partial charge in [0, 0.05) is 31.2 Å². The monoisotopic (exact) mass is 225 g/mol. The molecule has 0 aliphatic heterocycles. The third kappa shape index (κ3) is 2.69. The van der Waals surface area contributed by atoms with Crippen LogP contribution in [-0.2, 0) is 6.54 Å². The molecule has 0 radical (unpaired) electrons. The van der Waals surface area contributed by atoms with E-state index >= 15 is 0 Å². The first kappa shape index (κ1) is 10.9. The topological polar surface area (TPSA) is 42.2 Å². The molecule has 1 aliphatic rings. The van der Waals surface area contributed by atoms with Crippen molar-refractivity contribution in [2.45, 2.75) is 32.2 Å². The van der Waals surface area contributed by atoms with Gasteiger partial charge in [0.15, 0.2) is 5.13 Å². The largest absolute Gasteiger partial charge is 0.351 e. The summed E-state index contributed by atoms with van der Waals surface area (Å²) in [5.41, 5.74) is 5.58. The molecule has 2 rings (SSSR count). The summed E-state index contributed by atoms with van der Waals surface area (Å²) >= 11 is 1.71. The van der Waals surface area contributed by atoms with Gasteiger partial charge in [0.25, 0.3) is 0 Å². The fourth-order valence-corrected chi connectivity index (χ4v) is 2.99. The number of hydrogen-bond acceptors (Lipinski definition) is 4. The van der Waals surface area contributed by atoms with Crippen LogP contribution in [0, 0.1) is 5.92 Å². The van der Waals surface area contributed by atoms with Crippen molar-refractivity contribution in [2.75, 3.05) is 18.5 Å². The standard InChI is InChI=1S/C11H19N3S/c1-14(8-9-4-2-3-5-9)11-13-7-10(6-12)15-11/h7,9H,2-6,8,12H2,1H3. The molecular formula is C11H19N3S. The van der Waals surface area contributed by atoms with E-state index in [4.69, 9.17) is 5.73 Å². The van der Waals surface area contributed by atoms with Crippen LogP contribution in [0.15, 0.2) is 6.20 Å². The molecule has 2 N–H and O–H groups in total. The first-order valence-corrected chi connectivity index (χ1v) is 6.47. The summed E-state index contributed by atoms with van der Waals surface area (Å²) in [5, 5.41) is 1.11. The number of hydrogen-bond donors (Lipinski definition) is 1. The lowest BCUT2D eigenvalue weighted by Gasteiger charge is -2.19. The number of nitrogens with zero attached hydrogens (tertiary/aromatic N) is 2. The second kappa shape index (κ2) is 4.94. The number of nitrogens with two attached hydrogens (primary N) is 1. The van der Waals surface area contributed by atoms with E-state index in [1.807, 2.05) is 6.20 Å². The van der Waals surface area contributed by atoms with Crippen LogP contribution in [0.4, 0.5) is 5.13 Å². The third-order valence-corrected chi connectivity index (χ3v) is 4.21. The zero-order chi connectivity index (χ0) is 10.7. The Bertz CT molecular complexity index is 305. The maximum absolute atomic E-state index is 5.58. The van der Waals surface area contributed by atoms with Gasteiger partial charge in [-0.25, -0.2) is 4.98 Å². The molecule has 4 heteroatoms. The molecule has 0 unspecified atom stereocenters. The van der Waals surface area contributed by atoms with E-state index in [0.717, 1.165) is 17.6 Å². The van der Waals surface area contributed by atoms with E-state index in [-0.39, 0.29) is 0 Å². The average Bonchev–Trinajstić information content (AvgIpc) is 2.86. The minimum atomic E-state index is 0.606. The van der Waals surface area contributed by atoms with Crippen molar-refractivity contribution < 1.29 is 0 Å². The van der Waals surface area contributed by atoms with E-state index < -0.39 is 0 Å². The minimum Gasteiger partial charge on any atom is -0.351 e. The molecule has 0 bridgehead atoms. The quantitative estimate of drug-likeness (QED) is 0.854. The van der Waals surface area contributed by atoms with Crippen LogP contribution in [0.3, 0.4) is 0 Å². The van der Waals surface area contributed by atoms with Crippen LogP contribution in [-0.4, -0.2) is 18.6 Å². The van der Waals surface area contributed by atoms with Crippen molar-refractivity contribution in [3.8, 4) is 0 Å². The van der Waals surface area contributed by atoms with Crippen LogP contribution in [0.5, 0.6) is 0 Å². The molecule has 84 valence electrons. The van der Waals surface area contributed by atoms with Gasteiger partial charge in [-0.15, -0.1) is 11.3 Å². The molecule has 15 heavy (non-hydrogen) atoms. The summed E-state index contributed by atoms with van der Waals surface area (Å²) in [6, 6.07) is 0. The second-order valence-electron chi connectivity index (χ2n) is 4.34. The van der Waals surface area contributed by atoms with E-state index in [0.29, 0.717) is 6.54 Å². The Morgan fingerprint density at radius 3 is 2.87 bits per heavy atom. The predicted molar refractivity (Wildman–Crippen MR) is 65.2 cm³/mol. The highest BCUT2D eigenvalue weighted by Crippen LogP contribution is 2.28. The molecule has 3 nitrogen and oxygen atoms in total. The molecule has 1 saturated carbocycles. The van der Waals surface area contributed by atoms with E-state index in [9.17, 15) is 0 Å². The van der Waals surface area contributed by atoms with Gasteiger partial charge >= 0.3 is 0 Å². The summed E-state index contributed by atoms with van der Waals surface area (Å²) in [7, 11) is 2.14. The van der Waals surface area contributed by atoms with Crippen molar-refractivity contribution in [3.05, 3.63) is 11.1 Å². The Kier molecular flexibility index (Phi) is 3.59. The maximum Gasteiger partial charge on any atom is 0.185 e. The summed E-state index contributed by atoms with van der Waals surface area (Å²) in [6.45, 7) is 1.76. The zero-order valence-corrected chi connectivity index (χ0v) is 10.1. The summed E-state index contributed by atoms with van der Waals surface area (Å²) in [4.78, 5) is 7.84. The van der Waals surface area contributed by atoms with Gasteiger partial charge in [-0.05, 0) is 18.8 Å². The SMILES string of the molecule is CN(CC1CCCC1)c1ncc(CN)s1. The molecule has 1 aliphatic carbocycles. The summed E-state index contributed by atoms with van der Waals surface area (Å²) in [5.74, 6) is 0.875. The van der Waals surface area contributed by atoms with Gasteiger partial charge < -0.3 is 10.6 Å². The molecule has 0 atom stereocenters. The van der Waals surface area contributed by atoms with Crippen molar-refractivity contribution in [3.63, 3.8) is 0 Å². The first-order valence-electron chi connectivity index (χ1n) is 5.65. The van der Waals surface area contributed by atoms with E-state index in [2.05, 4.69) is 16.9 Å². The van der Waals surface area contributed by atoms with Gasteiger partial charge in [0.05, 0.1) is 0 Å². The highest BCUT2D eigenvalue weighted by molar-refractivity contribution is 7.15. The Morgan fingerprint density at radius 1 is 1.53 bits per heavy atom. The van der Waals surface area contributed by atoms with Crippen LogP contribution >= 0.6 is 11.3 Å². The minimum absolute atomic E-state index is 0.606. The molecular weight excluding hydrogens is 206 g/mol. The molecule has 1 aromatic heterocycles. The van der Waals surface area contributed by atoms with Crippen LogP contribution in [0.25, 0.3) is 0 Å². The number of thiazole rings is 1. The zero-order valence-electron chi connectivity index (χ0n) is 9.28. The average molecular weight is 225 g/mol. The molecule has 0 aromatic carbocycles. The van der Waals surface area contributed by atoms with Gasteiger partial charge in [0.2, 0.25) is 0 Å². The molecule has 1 heterocycles. The molecule has 0 amide bonds. The highest BCUT2D eigenvalue weighted by atomic mass is 32.1. The van der Waals surface area contributed by atoms with Crippen LogP contribution in [0.2, 0.25) is 0 Å². The van der Waals surface area contributed by atoms with Gasteiger partial charge in [-0.1, -0.05) is 12.8 Å². The van der Waals surface area contributed by atoms with Crippen molar-refractivity contribution in [1.82, 2.24) is 4.98 Å². The second-order valence-corrected chi connectivity index (χ2v) is 5.44. The summed E-state index contributed by atoms with van der Waals surface area (Å²) in [6.07, 6.45) is 7.49. The molecule has 0 spiro atoms. The number of anilines is 1. The lowest BCUT2D eigenvalue weighted by atomic mass is 10.1. The fraction of sp³-hybridized carbons (Fsp3) is 0.727. The molecule has 0 saturated heterocycles. The van der Waals surface area contributed by atoms with Crippen molar-refractivity contribution >= 4 is 16.5 Å². The first-order chi connectivity index (χ1) is 7.29. The number of aromatic nitrogens is 1. The van der Waals surface area contributed by atoms with Crippen molar-refractivity contribution in [2.24, 2.45) is 11.7 Å². The van der Waals surface area contributed by atoms with Crippen molar-refractivity contribution in [1.29, 1.82) is 0 Å². The smallest absolute Gasteiger partial charge is 0.185 e. The normalized spacial score (nSPS) is 17.2. The third-order valence-electron chi connectivity index (χ3n) is 3.08. The van der Waals surface area contributed by atoms with E-state index in [1.54, 1.807) is 11.3 Å². The van der Waals surface area contributed by atoms with Crippen LogP contribution in [0.1, 0.15) is 30.6 Å². The predicted octanol–water partition coefficient (Wildman–Crippen LogP) is 2.23. The summed E-state index contributed by atoms with van der Waals surface area (Å²) < 4.78 is 0. The fourth-order valence-electron chi connectivity index (χ4n) is 2.23. The Labute approximate surface area is 95.3 Å². The van der Waals surface area contributed by atoms with Crippen LogP contribution < -0.4 is 10.6 Å². The van der Waals surface area contributed by atoms with Gasteiger partial charge in [0.1, 0.15) is 0 Å². The Balaban J connectivity index is 1.91. The highest BCUT2D eigenvalue weighted by Gasteiger charge is 2.18. The number of rotatable bonds is 4. The Morgan fingerprint density at radius 2 is 2.27 bits per heavy atom. The van der Waals surface area contributed by atoms with Gasteiger partial charge in [-0.2, -0.15) is 0 Å². The lowest BCUT2D eigenvalue weighted by Crippen LogP contribution is -2.23. The van der Waals surface area contributed by atoms with Gasteiger partial charge in [-0.3, -0.25) is 0 Å². The maximum atomic E-state index is 5.58. The van der Waals surface area contributed by atoms with E-state index in [1.165, 1.54) is 30.6 Å².